The van der Waals surface area contributed by atoms with E-state index in [4.69, 9.17) is 17.0 Å². The Morgan fingerprint density at radius 2 is 1.84 bits per heavy atom. The summed E-state index contributed by atoms with van der Waals surface area (Å²) in [6, 6.07) is 9.98. The van der Waals surface area contributed by atoms with Gasteiger partial charge in [-0.15, -0.1) is 0 Å². The summed E-state index contributed by atoms with van der Waals surface area (Å²) in [6.45, 7) is 9.16. The number of para-hydroxylation sites is 1. The number of thiocarbonyl (C=S) groups is 1. The Balaban J connectivity index is 2.13. The highest BCUT2D eigenvalue weighted by molar-refractivity contribution is 7.96. The molecule has 2 N–H and O–H groups in total. The highest BCUT2D eigenvalue weighted by Gasteiger charge is 2.46. The first-order valence-electron chi connectivity index (χ1n) is 11.7. The van der Waals surface area contributed by atoms with Gasteiger partial charge in [0, 0.05) is 12.1 Å². The molecule has 3 atom stereocenters. The lowest BCUT2D eigenvalue weighted by Crippen LogP contribution is -2.55. The Morgan fingerprint density at radius 3 is 2.48 bits per heavy atom. The number of hydrogen-bond donors (Lipinski definition) is 3. The normalized spacial score (nSPS) is 23.6. The number of carbonyl (C=O) groups is 1. The van der Waals surface area contributed by atoms with E-state index in [-0.39, 0.29) is 28.2 Å². The summed E-state index contributed by atoms with van der Waals surface area (Å²) >= 11 is 9.56. The maximum Gasteiger partial charge on any atom is 0.276 e. The van der Waals surface area contributed by atoms with Crippen LogP contribution in [-0.2, 0) is 0 Å². The number of benzene rings is 1. The fourth-order valence-electron chi connectivity index (χ4n) is 5.40. The molecule has 0 aromatic heterocycles. The third kappa shape index (κ3) is 9.01. The fourth-order valence-corrected chi connectivity index (χ4v) is 5.82. The lowest BCUT2D eigenvalue weighted by Gasteiger charge is -2.50. The van der Waals surface area contributed by atoms with E-state index in [1.165, 1.54) is 25.7 Å². The second-order valence-corrected chi connectivity index (χ2v) is 10.9. The van der Waals surface area contributed by atoms with Gasteiger partial charge in [0.05, 0.1) is 0 Å². The van der Waals surface area contributed by atoms with Gasteiger partial charge in [-0.2, -0.15) is 0 Å². The summed E-state index contributed by atoms with van der Waals surface area (Å²) < 4.78 is 5.91. The molecule has 2 rings (SSSR count). The van der Waals surface area contributed by atoms with E-state index in [0.717, 1.165) is 37.9 Å². The summed E-state index contributed by atoms with van der Waals surface area (Å²) in [4.78, 5) is 11.7. The molecular formula is C25H40N2O2S2. The maximum atomic E-state index is 11.7. The number of carbonyl (C=O) groups excluding carboxylic acids is 1. The van der Waals surface area contributed by atoms with Gasteiger partial charge in [0.1, 0.15) is 5.75 Å². The van der Waals surface area contributed by atoms with Crippen LogP contribution in [0.5, 0.6) is 5.75 Å². The Bertz CT molecular complexity index is 711. The van der Waals surface area contributed by atoms with Crippen LogP contribution in [0.3, 0.4) is 0 Å². The minimum atomic E-state index is -0.253. The van der Waals surface area contributed by atoms with E-state index in [0.29, 0.717) is 5.17 Å². The highest BCUT2D eigenvalue weighted by Crippen LogP contribution is 2.49. The van der Waals surface area contributed by atoms with Crippen molar-refractivity contribution < 1.29 is 9.53 Å². The van der Waals surface area contributed by atoms with Crippen LogP contribution in [0.4, 0.5) is 4.79 Å². The minimum absolute atomic E-state index is 0.0164. The third-order valence-electron chi connectivity index (χ3n) is 6.41. The molecule has 1 aliphatic carbocycles. The SMILES string of the molecule is CCCCCCCC(NC(=S)Oc1ccccc1)C1(C)CC(NC(=O)S)CC(C)(C)C1. The monoisotopic (exact) mass is 464 g/mol. The van der Waals surface area contributed by atoms with Gasteiger partial charge in [0.15, 0.2) is 0 Å². The van der Waals surface area contributed by atoms with Crippen LogP contribution >= 0.6 is 24.8 Å². The predicted octanol–water partition coefficient (Wildman–Crippen LogP) is 6.89. The van der Waals surface area contributed by atoms with Crippen LogP contribution < -0.4 is 15.4 Å². The van der Waals surface area contributed by atoms with Gasteiger partial charge in [0.25, 0.3) is 10.4 Å². The van der Waals surface area contributed by atoms with Crippen molar-refractivity contribution in [2.45, 2.75) is 97.6 Å². The molecule has 0 saturated heterocycles. The first-order chi connectivity index (χ1) is 14.6. The Morgan fingerprint density at radius 1 is 1.16 bits per heavy atom. The Hall–Kier alpha value is -1.27. The Kier molecular flexibility index (Phi) is 10.1. The lowest BCUT2D eigenvalue weighted by atomic mass is 9.59. The second-order valence-electron chi connectivity index (χ2n) is 10.2. The highest BCUT2D eigenvalue weighted by atomic mass is 32.1. The van der Waals surface area contributed by atoms with E-state index < -0.39 is 0 Å². The Labute approximate surface area is 199 Å². The average Bonchev–Trinajstić information content (AvgIpc) is 2.65. The number of rotatable bonds is 10. The van der Waals surface area contributed by atoms with Crippen LogP contribution in [0.15, 0.2) is 30.3 Å². The molecule has 0 bridgehead atoms. The number of amides is 1. The first-order valence-corrected chi connectivity index (χ1v) is 12.5. The van der Waals surface area contributed by atoms with E-state index in [2.05, 4.69) is 51.0 Å². The summed E-state index contributed by atoms with van der Waals surface area (Å²) in [6.07, 6.45) is 10.2. The third-order valence-corrected chi connectivity index (χ3v) is 6.74. The molecule has 0 heterocycles. The number of hydrogen-bond acceptors (Lipinski definition) is 3. The van der Waals surface area contributed by atoms with Gasteiger partial charge in [-0.05, 0) is 60.9 Å². The molecule has 0 radical (unpaired) electrons. The number of nitrogens with one attached hydrogen (secondary N) is 2. The fraction of sp³-hybridized carbons (Fsp3) is 0.680. The lowest BCUT2D eigenvalue weighted by molar-refractivity contribution is 0.0436. The molecule has 31 heavy (non-hydrogen) atoms. The molecule has 174 valence electrons. The van der Waals surface area contributed by atoms with Crippen molar-refractivity contribution in [3.63, 3.8) is 0 Å². The van der Waals surface area contributed by atoms with E-state index in [9.17, 15) is 4.79 Å². The maximum absolute atomic E-state index is 11.7. The van der Waals surface area contributed by atoms with Crippen molar-refractivity contribution in [1.82, 2.24) is 10.6 Å². The van der Waals surface area contributed by atoms with Gasteiger partial charge in [-0.25, -0.2) is 0 Å². The standard InChI is InChI=1S/C25H40N2O2S2/c1-5-6-7-8-12-15-21(27-23(31)29-20-13-10-9-11-14-20)25(4)17-19(26-22(28)30)16-24(2,3)18-25/h9-11,13-14,19,21H,5-8,12,15-18H2,1-4H3,(H,27,31)(H2,26,28,30). The molecule has 0 spiro atoms. The van der Waals surface area contributed by atoms with Crippen molar-refractivity contribution in [3.8, 4) is 5.75 Å². The predicted molar refractivity (Wildman–Crippen MR) is 137 cm³/mol. The van der Waals surface area contributed by atoms with E-state index in [1.54, 1.807) is 0 Å². The first kappa shape index (κ1) is 26.0. The number of ether oxygens (including phenoxy) is 1. The van der Waals surface area contributed by atoms with Crippen LogP contribution in [0.1, 0.15) is 85.5 Å². The average molecular weight is 465 g/mol. The molecule has 1 aromatic rings. The molecular weight excluding hydrogens is 424 g/mol. The number of thiol groups is 1. The van der Waals surface area contributed by atoms with Crippen LogP contribution in [0, 0.1) is 10.8 Å². The molecule has 1 aromatic carbocycles. The van der Waals surface area contributed by atoms with Crippen molar-refractivity contribution in [1.29, 1.82) is 0 Å². The van der Waals surface area contributed by atoms with Gasteiger partial charge in [-0.1, -0.05) is 90.6 Å². The van der Waals surface area contributed by atoms with Crippen molar-refractivity contribution in [2.75, 3.05) is 0 Å². The van der Waals surface area contributed by atoms with Crippen molar-refractivity contribution >= 4 is 35.3 Å². The van der Waals surface area contributed by atoms with Crippen molar-refractivity contribution in [2.24, 2.45) is 10.8 Å². The molecule has 4 nitrogen and oxygen atoms in total. The molecule has 1 fully saturated rings. The topological polar surface area (TPSA) is 50.4 Å². The van der Waals surface area contributed by atoms with Crippen LogP contribution in [0.25, 0.3) is 0 Å². The van der Waals surface area contributed by atoms with Crippen LogP contribution in [0.2, 0.25) is 0 Å². The zero-order chi connectivity index (χ0) is 22.9. The molecule has 1 amide bonds. The summed E-state index contributed by atoms with van der Waals surface area (Å²) in [5.41, 5.74) is 0.107. The molecule has 1 aliphatic rings. The largest absolute Gasteiger partial charge is 0.432 e. The summed E-state index contributed by atoms with van der Waals surface area (Å²) in [5.74, 6) is 0.746. The minimum Gasteiger partial charge on any atom is -0.432 e. The smallest absolute Gasteiger partial charge is 0.276 e. The summed E-state index contributed by atoms with van der Waals surface area (Å²) in [7, 11) is 0. The van der Waals surface area contributed by atoms with Gasteiger partial charge in [-0.3, -0.25) is 4.79 Å². The van der Waals surface area contributed by atoms with Gasteiger partial charge in [0.2, 0.25) is 0 Å². The number of unbranched alkanes of at least 4 members (excludes halogenated alkanes) is 4. The van der Waals surface area contributed by atoms with E-state index >= 15 is 0 Å². The zero-order valence-corrected chi connectivity index (χ0v) is 21.3. The van der Waals surface area contributed by atoms with Gasteiger partial charge >= 0.3 is 0 Å². The molecule has 0 aliphatic heterocycles. The van der Waals surface area contributed by atoms with Crippen molar-refractivity contribution in [3.05, 3.63) is 30.3 Å². The molecule has 6 heteroatoms. The molecule has 1 saturated carbocycles. The zero-order valence-electron chi connectivity index (χ0n) is 19.6. The quantitative estimate of drug-likeness (QED) is 0.200. The van der Waals surface area contributed by atoms with Gasteiger partial charge < -0.3 is 15.4 Å². The summed E-state index contributed by atoms with van der Waals surface area (Å²) in [5, 5.41) is 6.78. The van der Waals surface area contributed by atoms with Crippen LogP contribution in [-0.4, -0.2) is 22.5 Å². The second kappa shape index (κ2) is 12.1. The van der Waals surface area contributed by atoms with E-state index in [1.807, 2.05) is 30.3 Å². The molecule has 3 unspecified atom stereocenters.